The van der Waals surface area contributed by atoms with Crippen LogP contribution in [0.25, 0.3) is 0 Å². The Kier molecular flexibility index (Phi) is 4.96. The van der Waals surface area contributed by atoms with Crippen molar-refractivity contribution in [3.8, 4) is 0 Å². The highest BCUT2D eigenvalue weighted by atomic mass is 35.5. The van der Waals surface area contributed by atoms with E-state index in [1.54, 1.807) is 0 Å². The third kappa shape index (κ3) is 3.55. The van der Waals surface area contributed by atoms with Crippen LogP contribution >= 0.6 is 11.6 Å². The van der Waals surface area contributed by atoms with E-state index in [-0.39, 0.29) is 11.9 Å². The molecule has 0 spiro atoms. The lowest BCUT2D eigenvalue weighted by molar-refractivity contribution is 0.0634. The largest absolute Gasteiger partial charge is 0.329 e. The van der Waals surface area contributed by atoms with Gasteiger partial charge in [0.25, 0.3) is 5.91 Å². The highest BCUT2D eigenvalue weighted by molar-refractivity contribution is 6.30. The second-order valence-corrected chi connectivity index (χ2v) is 6.11. The first-order valence-corrected chi connectivity index (χ1v) is 8.13. The van der Waals surface area contributed by atoms with Crippen molar-refractivity contribution in [2.24, 2.45) is 5.73 Å². The molecule has 5 heteroatoms. The molecule has 1 fully saturated rings. The number of amides is 1. The fourth-order valence-corrected chi connectivity index (χ4v) is 3.11. The predicted molar refractivity (Wildman–Crippen MR) is 92.4 cm³/mol. The number of benzene rings is 2. The van der Waals surface area contributed by atoms with Gasteiger partial charge in [0.2, 0.25) is 0 Å². The average molecular weight is 330 g/mol. The predicted octanol–water partition coefficient (Wildman–Crippen LogP) is 2.59. The number of hydrogen-bond donors (Lipinski definition) is 2. The van der Waals surface area contributed by atoms with Gasteiger partial charge < -0.3 is 16.0 Å². The van der Waals surface area contributed by atoms with Crippen molar-refractivity contribution in [1.82, 2.24) is 10.2 Å². The van der Waals surface area contributed by atoms with Crippen LogP contribution in [0.2, 0.25) is 5.02 Å². The van der Waals surface area contributed by atoms with Crippen molar-refractivity contribution in [2.75, 3.05) is 19.6 Å². The summed E-state index contributed by atoms with van der Waals surface area (Å²) in [7, 11) is 0. The van der Waals surface area contributed by atoms with Crippen LogP contribution < -0.4 is 11.1 Å². The summed E-state index contributed by atoms with van der Waals surface area (Å²) in [5.74, 6) is 0.0417. The van der Waals surface area contributed by atoms with Gasteiger partial charge in [0.05, 0.1) is 6.04 Å². The smallest absolute Gasteiger partial charge is 0.254 e. The Hall–Kier alpha value is -1.88. The summed E-state index contributed by atoms with van der Waals surface area (Å²) in [5.41, 5.74) is 8.38. The first-order valence-electron chi connectivity index (χ1n) is 7.75. The zero-order valence-corrected chi connectivity index (χ0v) is 13.6. The molecule has 1 aliphatic rings. The van der Waals surface area contributed by atoms with Gasteiger partial charge in [-0.05, 0) is 35.4 Å². The maximum atomic E-state index is 12.9. The van der Waals surface area contributed by atoms with E-state index in [0.29, 0.717) is 23.7 Å². The second kappa shape index (κ2) is 7.13. The summed E-state index contributed by atoms with van der Waals surface area (Å²) in [6.45, 7) is 2.68. The summed E-state index contributed by atoms with van der Waals surface area (Å²) in [4.78, 5) is 14.8. The minimum atomic E-state index is -0.0101. The molecule has 23 heavy (non-hydrogen) atoms. The Morgan fingerprint density at radius 3 is 2.74 bits per heavy atom. The van der Waals surface area contributed by atoms with Crippen molar-refractivity contribution in [2.45, 2.75) is 12.6 Å². The van der Waals surface area contributed by atoms with E-state index in [9.17, 15) is 4.79 Å². The first-order chi connectivity index (χ1) is 11.2. The van der Waals surface area contributed by atoms with E-state index in [0.717, 1.165) is 24.2 Å². The lowest BCUT2D eigenvalue weighted by atomic mass is 10.0. The van der Waals surface area contributed by atoms with Crippen LogP contribution in [-0.4, -0.2) is 30.4 Å². The lowest BCUT2D eigenvalue weighted by Gasteiger charge is -2.36. The van der Waals surface area contributed by atoms with E-state index < -0.39 is 0 Å². The summed E-state index contributed by atoms with van der Waals surface area (Å²) in [5, 5.41) is 4.04. The lowest BCUT2D eigenvalue weighted by Crippen LogP contribution is -2.48. The van der Waals surface area contributed by atoms with Gasteiger partial charge >= 0.3 is 0 Å². The third-order valence-electron chi connectivity index (χ3n) is 4.17. The number of nitrogens with two attached hydrogens (primary N) is 1. The Bertz CT molecular complexity index is 687. The number of carbonyl (C=O) groups is 1. The highest BCUT2D eigenvalue weighted by Crippen LogP contribution is 2.26. The molecule has 1 atom stereocenters. The van der Waals surface area contributed by atoms with Gasteiger partial charge in [0, 0.05) is 36.8 Å². The molecular formula is C18H20ClN3O. The summed E-state index contributed by atoms with van der Waals surface area (Å²) >= 11 is 6.11. The van der Waals surface area contributed by atoms with Gasteiger partial charge in [0.15, 0.2) is 0 Å². The number of nitrogens with one attached hydrogen (secondary N) is 1. The molecule has 3 rings (SSSR count). The van der Waals surface area contributed by atoms with Crippen LogP contribution in [0.15, 0.2) is 48.5 Å². The first kappa shape index (κ1) is 16.0. The Balaban J connectivity index is 1.86. The molecule has 3 N–H and O–H groups in total. The van der Waals surface area contributed by atoms with E-state index in [4.69, 9.17) is 17.3 Å². The van der Waals surface area contributed by atoms with Crippen molar-refractivity contribution in [3.05, 3.63) is 70.2 Å². The molecule has 1 saturated heterocycles. The average Bonchev–Trinajstić information content (AvgIpc) is 2.61. The maximum Gasteiger partial charge on any atom is 0.254 e. The summed E-state index contributed by atoms with van der Waals surface area (Å²) < 4.78 is 0. The van der Waals surface area contributed by atoms with Crippen LogP contribution in [0.3, 0.4) is 0 Å². The molecule has 2 aromatic rings. The number of nitrogens with zero attached hydrogens (tertiary/aromatic N) is 1. The van der Waals surface area contributed by atoms with Gasteiger partial charge in [-0.25, -0.2) is 0 Å². The maximum absolute atomic E-state index is 12.9. The van der Waals surface area contributed by atoms with Crippen molar-refractivity contribution >= 4 is 17.5 Å². The quantitative estimate of drug-likeness (QED) is 0.910. The fourth-order valence-electron chi connectivity index (χ4n) is 2.91. The number of piperazine rings is 1. The number of halogens is 1. The van der Waals surface area contributed by atoms with Crippen LogP contribution in [0.4, 0.5) is 0 Å². The highest BCUT2D eigenvalue weighted by Gasteiger charge is 2.28. The summed E-state index contributed by atoms with van der Waals surface area (Å²) in [6.07, 6.45) is 0. The van der Waals surface area contributed by atoms with Crippen molar-refractivity contribution < 1.29 is 4.79 Å². The molecule has 0 aliphatic carbocycles. The minimum absolute atomic E-state index is 0.0101. The molecule has 0 radical (unpaired) electrons. The van der Waals surface area contributed by atoms with Crippen LogP contribution in [0.5, 0.6) is 0 Å². The molecule has 0 bridgehead atoms. The summed E-state index contributed by atoms with van der Waals surface area (Å²) in [6, 6.07) is 15.2. The van der Waals surface area contributed by atoms with Gasteiger partial charge in [-0.3, -0.25) is 4.79 Å². The molecule has 1 heterocycles. The van der Waals surface area contributed by atoms with Gasteiger partial charge in [-0.15, -0.1) is 0 Å². The molecule has 0 aromatic heterocycles. The molecule has 1 aliphatic heterocycles. The minimum Gasteiger partial charge on any atom is -0.329 e. The Morgan fingerprint density at radius 2 is 2.04 bits per heavy atom. The van der Waals surface area contributed by atoms with E-state index in [1.165, 1.54) is 0 Å². The van der Waals surface area contributed by atoms with Crippen LogP contribution in [0.1, 0.15) is 27.5 Å². The van der Waals surface area contributed by atoms with E-state index in [1.807, 2.05) is 53.4 Å². The molecule has 120 valence electrons. The monoisotopic (exact) mass is 329 g/mol. The Labute approximate surface area is 141 Å². The Morgan fingerprint density at radius 1 is 1.26 bits per heavy atom. The molecular weight excluding hydrogens is 310 g/mol. The molecule has 2 aromatic carbocycles. The fraction of sp³-hybridized carbons (Fsp3) is 0.278. The van der Waals surface area contributed by atoms with Crippen molar-refractivity contribution in [1.29, 1.82) is 0 Å². The van der Waals surface area contributed by atoms with Gasteiger partial charge in [-0.1, -0.05) is 35.9 Å². The van der Waals surface area contributed by atoms with Crippen LogP contribution in [-0.2, 0) is 6.54 Å². The van der Waals surface area contributed by atoms with Crippen LogP contribution in [0, 0.1) is 0 Å². The molecule has 1 unspecified atom stereocenters. The standard InChI is InChI=1S/C18H20ClN3O/c19-16-3-1-2-15(10-16)17-12-21-8-9-22(17)18(23)14-6-4-13(11-20)5-7-14/h1-7,10,17,21H,8-9,11-12,20H2. The zero-order valence-electron chi connectivity index (χ0n) is 12.8. The molecule has 1 amide bonds. The topological polar surface area (TPSA) is 58.4 Å². The van der Waals surface area contributed by atoms with Crippen molar-refractivity contribution in [3.63, 3.8) is 0 Å². The molecule has 0 saturated carbocycles. The third-order valence-corrected chi connectivity index (χ3v) is 4.41. The zero-order chi connectivity index (χ0) is 16.2. The van der Waals surface area contributed by atoms with Gasteiger partial charge in [-0.2, -0.15) is 0 Å². The van der Waals surface area contributed by atoms with E-state index >= 15 is 0 Å². The SMILES string of the molecule is NCc1ccc(C(=O)N2CCNCC2c2cccc(Cl)c2)cc1. The van der Waals surface area contributed by atoms with E-state index in [2.05, 4.69) is 5.32 Å². The normalized spacial score (nSPS) is 18.0. The van der Waals surface area contributed by atoms with Gasteiger partial charge in [0.1, 0.15) is 0 Å². The number of carbonyl (C=O) groups excluding carboxylic acids is 1. The molecule has 4 nitrogen and oxygen atoms in total. The second-order valence-electron chi connectivity index (χ2n) is 5.67. The number of rotatable bonds is 3. The number of hydrogen-bond acceptors (Lipinski definition) is 3.